The van der Waals surface area contributed by atoms with Crippen LogP contribution < -0.4 is 5.32 Å². The molecule has 0 saturated heterocycles. The SMILES string of the molecule is CO[C@H]1CCCC[C@H]1NC(=O)[C@H](O)c1ccccc1Cl. The Hall–Kier alpha value is -1.10. The first-order valence-electron chi connectivity index (χ1n) is 6.89. The number of carbonyl (C=O) groups is 1. The molecule has 0 aliphatic heterocycles. The van der Waals surface area contributed by atoms with Crippen molar-refractivity contribution in [2.45, 2.75) is 43.9 Å². The van der Waals surface area contributed by atoms with Crippen molar-refractivity contribution >= 4 is 17.5 Å². The monoisotopic (exact) mass is 297 g/mol. The van der Waals surface area contributed by atoms with Crippen LogP contribution in [0.25, 0.3) is 0 Å². The van der Waals surface area contributed by atoms with Crippen LogP contribution in [0, 0.1) is 0 Å². The molecule has 0 radical (unpaired) electrons. The number of halogens is 1. The zero-order valence-electron chi connectivity index (χ0n) is 11.5. The Kier molecular flexibility index (Phi) is 5.40. The molecule has 0 bridgehead atoms. The molecular weight excluding hydrogens is 278 g/mol. The standard InChI is InChI=1S/C15H20ClNO3/c1-20-13-9-5-4-8-12(13)17-15(19)14(18)10-6-2-3-7-11(10)16/h2-3,6-7,12-14,18H,4-5,8-9H2,1H3,(H,17,19)/t12-,13+,14-/m1/s1. The van der Waals surface area contributed by atoms with Gasteiger partial charge in [0, 0.05) is 17.7 Å². The Morgan fingerprint density at radius 1 is 1.40 bits per heavy atom. The van der Waals surface area contributed by atoms with E-state index in [0.717, 1.165) is 25.7 Å². The summed E-state index contributed by atoms with van der Waals surface area (Å²) in [6.45, 7) is 0. The number of hydrogen-bond donors (Lipinski definition) is 2. The van der Waals surface area contributed by atoms with Gasteiger partial charge in [-0.15, -0.1) is 0 Å². The second-order valence-electron chi connectivity index (χ2n) is 5.10. The molecule has 20 heavy (non-hydrogen) atoms. The summed E-state index contributed by atoms with van der Waals surface area (Å²) in [6, 6.07) is 6.78. The van der Waals surface area contributed by atoms with Gasteiger partial charge < -0.3 is 15.2 Å². The minimum absolute atomic E-state index is 0.0196. The third-order valence-corrected chi connectivity index (χ3v) is 4.13. The zero-order valence-corrected chi connectivity index (χ0v) is 12.3. The number of aliphatic hydroxyl groups is 1. The van der Waals surface area contributed by atoms with Gasteiger partial charge in [0.25, 0.3) is 5.91 Å². The number of benzene rings is 1. The molecule has 1 aliphatic carbocycles. The van der Waals surface area contributed by atoms with Gasteiger partial charge in [-0.3, -0.25) is 4.79 Å². The quantitative estimate of drug-likeness (QED) is 0.897. The highest BCUT2D eigenvalue weighted by atomic mass is 35.5. The van der Waals surface area contributed by atoms with Gasteiger partial charge in [-0.25, -0.2) is 0 Å². The summed E-state index contributed by atoms with van der Waals surface area (Å²) in [7, 11) is 1.65. The van der Waals surface area contributed by atoms with E-state index < -0.39 is 12.0 Å². The van der Waals surface area contributed by atoms with Gasteiger partial charge in [-0.1, -0.05) is 42.6 Å². The maximum atomic E-state index is 12.2. The predicted molar refractivity (Wildman–Crippen MR) is 77.6 cm³/mol. The first-order chi connectivity index (χ1) is 9.63. The Balaban J connectivity index is 2.02. The predicted octanol–water partition coefficient (Wildman–Crippen LogP) is 2.45. The molecule has 1 fully saturated rings. The van der Waals surface area contributed by atoms with Crippen molar-refractivity contribution in [3.63, 3.8) is 0 Å². The van der Waals surface area contributed by atoms with Gasteiger partial charge in [-0.2, -0.15) is 0 Å². The fourth-order valence-corrected chi connectivity index (χ4v) is 2.88. The molecule has 110 valence electrons. The van der Waals surface area contributed by atoms with E-state index in [9.17, 15) is 9.90 Å². The van der Waals surface area contributed by atoms with Crippen LogP contribution in [0.3, 0.4) is 0 Å². The van der Waals surface area contributed by atoms with Crippen LogP contribution in [0.2, 0.25) is 5.02 Å². The van der Waals surface area contributed by atoms with Crippen LogP contribution in [-0.4, -0.2) is 30.3 Å². The summed E-state index contributed by atoms with van der Waals surface area (Å²) in [6.07, 6.45) is 2.75. The summed E-state index contributed by atoms with van der Waals surface area (Å²) in [5.74, 6) is -0.424. The second-order valence-corrected chi connectivity index (χ2v) is 5.50. The average Bonchev–Trinajstić information content (AvgIpc) is 2.47. The number of hydrogen-bond acceptors (Lipinski definition) is 3. The molecular formula is C15H20ClNO3. The summed E-state index contributed by atoms with van der Waals surface area (Å²) < 4.78 is 5.39. The van der Waals surface area contributed by atoms with Gasteiger partial charge >= 0.3 is 0 Å². The van der Waals surface area contributed by atoms with Gasteiger partial charge in [0.15, 0.2) is 6.10 Å². The van der Waals surface area contributed by atoms with E-state index in [1.807, 2.05) is 0 Å². The topological polar surface area (TPSA) is 58.6 Å². The van der Waals surface area contributed by atoms with Crippen LogP contribution in [0.15, 0.2) is 24.3 Å². The third kappa shape index (κ3) is 3.51. The molecule has 5 heteroatoms. The fraction of sp³-hybridized carbons (Fsp3) is 0.533. The summed E-state index contributed by atoms with van der Waals surface area (Å²) in [5.41, 5.74) is 0.427. The Bertz CT molecular complexity index is 466. The van der Waals surface area contributed by atoms with E-state index >= 15 is 0 Å². The van der Waals surface area contributed by atoms with Crippen molar-refractivity contribution in [3.05, 3.63) is 34.9 Å². The van der Waals surface area contributed by atoms with Crippen LogP contribution >= 0.6 is 11.6 Å². The Morgan fingerprint density at radius 2 is 2.10 bits per heavy atom. The highest BCUT2D eigenvalue weighted by Gasteiger charge is 2.29. The number of methoxy groups -OCH3 is 1. The van der Waals surface area contributed by atoms with E-state index in [0.29, 0.717) is 10.6 Å². The van der Waals surface area contributed by atoms with Gasteiger partial charge in [0.05, 0.1) is 12.1 Å². The van der Waals surface area contributed by atoms with E-state index in [1.165, 1.54) is 0 Å². The Labute approximate surface area is 124 Å². The lowest BCUT2D eigenvalue weighted by atomic mass is 9.92. The second kappa shape index (κ2) is 7.07. The molecule has 1 saturated carbocycles. The first-order valence-corrected chi connectivity index (χ1v) is 7.27. The number of amides is 1. The number of nitrogens with one attached hydrogen (secondary N) is 1. The summed E-state index contributed by atoms with van der Waals surface area (Å²) >= 11 is 6.00. The number of ether oxygens (including phenoxy) is 1. The largest absolute Gasteiger partial charge is 0.379 e. The van der Waals surface area contributed by atoms with Crippen molar-refractivity contribution in [3.8, 4) is 0 Å². The molecule has 1 amide bonds. The molecule has 1 aromatic rings. The van der Waals surface area contributed by atoms with E-state index in [1.54, 1.807) is 31.4 Å². The van der Waals surface area contributed by atoms with Crippen LogP contribution in [-0.2, 0) is 9.53 Å². The number of carbonyl (C=O) groups excluding carboxylic acids is 1. The molecule has 4 nitrogen and oxygen atoms in total. The van der Waals surface area contributed by atoms with E-state index in [4.69, 9.17) is 16.3 Å². The van der Waals surface area contributed by atoms with Gasteiger partial charge in [-0.05, 0) is 18.9 Å². The molecule has 2 N–H and O–H groups in total. The Morgan fingerprint density at radius 3 is 2.80 bits per heavy atom. The molecule has 0 unspecified atom stereocenters. The maximum absolute atomic E-state index is 12.2. The molecule has 0 aromatic heterocycles. The minimum Gasteiger partial charge on any atom is -0.379 e. The third-order valence-electron chi connectivity index (χ3n) is 3.78. The van der Waals surface area contributed by atoms with Crippen LogP contribution in [0.4, 0.5) is 0 Å². The van der Waals surface area contributed by atoms with Crippen molar-refractivity contribution in [2.24, 2.45) is 0 Å². The van der Waals surface area contributed by atoms with E-state index in [2.05, 4.69) is 5.32 Å². The van der Waals surface area contributed by atoms with Gasteiger partial charge in [0.2, 0.25) is 0 Å². The van der Waals surface area contributed by atoms with Crippen molar-refractivity contribution < 1.29 is 14.6 Å². The molecule has 0 spiro atoms. The lowest BCUT2D eigenvalue weighted by Gasteiger charge is -2.31. The lowest BCUT2D eigenvalue weighted by molar-refractivity contribution is -0.131. The number of rotatable bonds is 4. The fourth-order valence-electron chi connectivity index (χ4n) is 2.64. The van der Waals surface area contributed by atoms with Crippen LogP contribution in [0.1, 0.15) is 37.4 Å². The van der Waals surface area contributed by atoms with Crippen molar-refractivity contribution in [1.29, 1.82) is 0 Å². The first kappa shape index (κ1) is 15.3. The summed E-state index contributed by atoms with van der Waals surface area (Å²) in [4.78, 5) is 12.2. The lowest BCUT2D eigenvalue weighted by Crippen LogP contribution is -2.47. The van der Waals surface area contributed by atoms with Crippen molar-refractivity contribution in [1.82, 2.24) is 5.32 Å². The van der Waals surface area contributed by atoms with Gasteiger partial charge in [0.1, 0.15) is 0 Å². The minimum atomic E-state index is -1.25. The highest BCUT2D eigenvalue weighted by Crippen LogP contribution is 2.25. The average molecular weight is 298 g/mol. The molecule has 2 rings (SSSR count). The summed E-state index contributed by atoms with van der Waals surface area (Å²) in [5, 5.41) is 13.4. The van der Waals surface area contributed by atoms with E-state index in [-0.39, 0.29) is 12.1 Å². The molecule has 1 aliphatic rings. The smallest absolute Gasteiger partial charge is 0.253 e. The molecule has 1 aromatic carbocycles. The highest BCUT2D eigenvalue weighted by molar-refractivity contribution is 6.31. The molecule has 0 heterocycles. The number of aliphatic hydroxyl groups excluding tert-OH is 1. The zero-order chi connectivity index (χ0) is 14.5. The normalized spacial score (nSPS) is 24.1. The van der Waals surface area contributed by atoms with Crippen LogP contribution in [0.5, 0.6) is 0 Å². The molecule has 3 atom stereocenters. The maximum Gasteiger partial charge on any atom is 0.253 e. The van der Waals surface area contributed by atoms with Crippen molar-refractivity contribution in [2.75, 3.05) is 7.11 Å².